The summed E-state index contributed by atoms with van der Waals surface area (Å²) in [6.45, 7) is 0.947. The number of aromatic nitrogens is 1. The molecule has 1 saturated heterocycles. The van der Waals surface area contributed by atoms with Crippen molar-refractivity contribution < 1.29 is 4.39 Å². The van der Waals surface area contributed by atoms with Crippen LogP contribution in [0.25, 0.3) is 10.9 Å². The highest BCUT2D eigenvalue weighted by Crippen LogP contribution is 2.42. The molecule has 0 bridgehead atoms. The number of nitrogens with zero attached hydrogens (tertiary/aromatic N) is 1. The maximum atomic E-state index is 13.1. The van der Waals surface area contributed by atoms with Crippen LogP contribution in [-0.2, 0) is 6.42 Å². The molecule has 1 unspecified atom stereocenters. The summed E-state index contributed by atoms with van der Waals surface area (Å²) in [5.41, 5.74) is 4.90. The van der Waals surface area contributed by atoms with Gasteiger partial charge in [-0.05, 0) is 73.6 Å². The lowest BCUT2D eigenvalue weighted by molar-refractivity contribution is 0.135. The Hall–Kier alpha value is -2.44. The molecule has 0 spiro atoms. The summed E-state index contributed by atoms with van der Waals surface area (Å²) < 4.78 is 13.1. The first-order valence-corrected chi connectivity index (χ1v) is 10.1. The van der Waals surface area contributed by atoms with Gasteiger partial charge in [-0.15, -0.1) is 0 Å². The number of aromatic amines is 1. The SMILES string of the molecule is CN1C[C@@H](NC(=S)Nc2ccc(F)cc2)CC2c3cccc4[nH]cc(c34)C[C@H]21. The van der Waals surface area contributed by atoms with Crippen molar-refractivity contribution in [1.82, 2.24) is 15.2 Å². The van der Waals surface area contributed by atoms with Crippen LogP contribution in [0.2, 0.25) is 0 Å². The zero-order valence-electron chi connectivity index (χ0n) is 15.7. The van der Waals surface area contributed by atoms with Crippen molar-refractivity contribution in [3.05, 3.63) is 65.6 Å². The van der Waals surface area contributed by atoms with Gasteiger partial charge in [0, 0.05) is 47.3 Å². The number of hydrogen-bond donors (Lipinski definition) is 3. The predicted octanol–water partition coefficient (Wildman–Crippen LogP) is 4.01. The highest BCUT2D eigenvalue weighted by atomic mass is 32.1. The summed E-state index contributed by atoms with van der Waals surface area (Å²) in [7, 11) is 2.21. The average molecular weight is 395 g/mol. The van der Waals surface area contributed by atoms with Gasteiger partial charge >= 0.3 is 0 Å². The summed E-state index contributed by atoms with van der Waals surface area (Å²) in [4.78, 5) is 5.89. The number of halogens is 1. The number of thiocarbonyl (C=S) groups is 1. The van der Waals surface area contributed by atoms with Gasteiger partial charge in [0.2, 0.25) is 0 Å². The quantitative estimate of drug-likeness (QED) is 0.575. The number of hydrogen-bond acceptors (Lipinski definition) is 2. The zero-order valence-corrected chi connectivity index (χ0v) is 16.5. The van der Waals surface area contributed by atoms with Crippen molar-refractivity contribution in [2.75, 3.05) is 18.9 Å². The van der Waals surface area contributed by atoms with E-state index < -0.39 is 0 Å². The second-order valence-corrected chi connectivity index (χ2v) is 8.35. The van der Waals surface area contributed by atoms with E-state index in [2.05, 4.69) is 52.0 Å². The highest BCUT2D eigenvalue weighted by molar-refractivity contribution is 7.80. The Kier molecular flexibility index (Phi) is 4.33. The van der Waals surface area contributed by atoms with E-state index in [4.69, 9.17) is 12.2 Å². The van der Waals surface area contributed by atoms with Crippen molar-refractivity contribution in [2.45, 2.75) is 30.8 Å². The van der Waals surface area contributed by atoms with E-state index in [1.54, 1.807) is 12.1 Å². The molecule has 6 heteroatoms. The monoisotopic (exact) mass is 394 g/mol. The summed E-state index contributed by atoms with van der Waals surface area (Å²) in [5, 5.41) is 8.63. The third-order valence-electron chi connectivity index (χ3n) is 6.16. The fourth-order valence-corrected chi connectivity index (χ4v) is 5.22. The number of piperidine rings is 1. The molecule has 0 radical (unpaired) electrons. The maximum absolute atomic E-state index is 13.1. The molecule has 1 aliphatic carbocycles. The van der Waals surface area contributed by atoms with E-state index in [0.717, 1.165) is 25.1 Å². The van der Waals surface area contributed by atoms with Gasteiger partial charge in [0.25, 0.3) is 0 Å². The minimum absolute atomic E-state index is 0.250. The minimum atomic E-state index is -0.250. The van der Waals surface area contributed by atoms with Crippen LogP contribution in [0.15, 0.2) is 48.7 Å². The molecule has 2 aromatic carbocycles. The van der Waals surface area contributed by atoms with Crippen molar-refractivity contribution in [2.24, 2.45) is 0 Å². The molecule has 1 aliphatic heterocycles. The van der Waals surface area contributed by atoms with E-state index in [0.29, 0.717) is 17.1 Å². The standard InChI is InChI=1S/C22H23FN4S/c1-27-12-16(26-22(28)25-15-7-5-14(23)6-8-15)10-18-17-3-2-4-19-21(17)13(11-24-19)9-20(18)27/h2-8,11,16,18,20,24H,9-10,12H2,1H3,(H2,25,26,28)/t16-,18?,20+/m0/s1. The smallest absolute Gasteiger partial charge is 0.171 e. The van der Waals surface area contributed by atoms with Gasteiger partial charge < -0.3 is 20.5 Å². The molecule has 2 heterocycles. The molecular weight excluding hydrogens is 371 g/mol. The van der Waals surface area contributed by atoms with Crippen LogP contribution in [0, 0.1) is 5.82 Å². The molecule has 3 aromatic rings. The molecule has 5 rings (SSSR count). The van der Waals surface area contributed by atoms with Gasteiger partial charge in [-0.2, -0.15) is 0 Å². The van der Waals surface area contributed by atoms with Crippen LogP contribution < -0.4 is 10.6 Å². The molecule has 1 fully saturated rings. The van der Waals surface area contributed by atoms with Gasteiger partial charge in [0.05, 0.1) is 0 Å². The number of likely N-dealkylation sites (tertiary alicyclic amines) is 1. The van der Waals surface area contributed by atoms with E-state index in [-0.39, 0.29) is 11.9 Å². The van der Waals surface area contributed by atoms with E-state index in [1.165, 1.54) is 34.2 Å². The number of likely N-dealkylation sites (N-methyl/N-ethyl adjacent to an activating group) is 1. The zero-order chi connectivity index (χ0) is 19.3. The molecule has 1 aromatic heterocycles. The third-order valence-corrected chi connectivity index (χ3v) is 6.38. The first-order valence-electron chi connectivity index (χ1n) is 9.70. The van der Waals surface area contributed by atoms with Crippen LogP contribution in [0.1, 0.15) is 23.5 Å². The Morgan fingerprint density at radius 3 is 2.86 bits per heavy atom. The van der Waals surface area contributed by atoms with Crippen LogP contribution in [0.4, 0.5) is 10.1 Å². The lowest BCUT2D eigenvalue weighted by Crippen LogP contribution is -2.55. The Balaban J connectivity index is 1.34. The second-order valence-electron chi connectivity index (χ2n) is 7.94. The molecule has 0 saturated carbocycles. The van der Waals surface area contributed by atoms with E-state index in [9.17, 15) is 4.39 Å². The summed E-state index contributed by atoms with van der Waals surface area (Å²) in [6.07, 6.45) is 4.30. The molecule has 3 N–H and O–H groups in total. The molecular formula is C22H23FN4S. The highest BCUT2D eigenvalue weighted by Gasteiger charge is 2.39. The average Bonchev–Trinajstić information content (AvgIpc) is 3.09. The first-order chi connectivity index (χ1) is 13.6. The summed E-state index contributed by atoms with van der Waals surface area (Å²) >= 11 is 5.51. The fraction of sp³-hybridized carbons (Fsp3) is 0.318. The van der Waals surface area contributed by atoms with Crippen LogP contribution >= 0.6 is 12.2 Å². The van der Waals surface area contributed by atoms with Crippen LogP contribution in [0.5, 0.6) is 0 Å². The molecule has 2 aliphatic rings. The minimum Gasteiger partial charge on any atom is -0.361 e. The molecule has 144 valence electrons. The normalized spacial score (nSPS) is 24.0. The van der Waals surface area contributed by atoms with Crippen molar-refractivity contribution in [3.8, 4) is 0 Å². The summed E-state index contributed by atoms with van der Waals surface area (Å²) in [5.74, 6) is 0.233. The van der Waals surface area contributed by atoms with Gasteiger partial charge in [-0.1, -0.05) is 12.1 Å². The molecule has 4 nitrogen and oxygen atoms in total. The molecule has 3 atom stereocenters. The maximum Gasteiger partial charge on any atom is 0.171 e. The Morgan fingerprint density at radius 2 is 2.04 bits per heavy atom. The largest absolute Gasteiger partial charge is 0.361 e. The number of rotatable bonds is 2. The van der Waals surface area contributed by atoms with Crippen LogP contribution in [0.3, 0.4) is 0 Å². The molecule has 28 heavy (non-hydrogen) atoms. The third kappa shape index (κ3) is 3.06. The Bertz CT molecular complexity index is 1030. The fourth-order valence-electron chi connectivity index (χ4n) is 4.93. The van der Waals surface area contributed by atoms with Crippen LogP contribution in [-0.4, -0.2) is 40.7 Å². The topological polar surface area (TPSA) is 43.1 Å². The predicted molar refractivity (Wildman–Crippen MR) is 115 cm³/mol. The number of anilines is 1. The Morgan fingerprint density at radius 1 is 1.21 bits per heavy atom. The van der Waals surface area contributed by atoms with Gasteiger partial charge in [0.15, 0.2) is 5.11 Å². The summed E-state index contributed by atoms with van der Waals surface area (Å²) in [6, 6.07) is 13.6. The Labute approximate surface area is 169 Å². The number of fused-ring (bicyclic) bond motifs is 2. The number of H-pyrrole nitrogens is 1. The second kappa shape index (κ2) is 6.87. The lowest BCUT2D eigenvalue weighted by atomic mass is 9.74. The van der Waals surface area contributed by atoms with Gasteiger partial charge in [0.1, 0.15) is 5.82 Å². The van der Waals surface area contributed by atoms with E-state index in [1.807, 2.05) is 0 Å². The lowest BCUT2D eigenvalue weighted by Gasteiger charge is -2.45. The van der Waals surface area contributed by atoms with Crippen molar-refractivity contribution >= 4 is 33.9 Å². The number of benzene rings is 2. The van der Waals surface area contributed by atoms with E-state index >= 15 is 0 Å². The molecule has 0 amide bonds. The van der Waals surface area contributed by atoms with Crippen molar-refractivity contribution in [1.29, 1.82) is 0 Å². The first kappa shape index (κ1) is 17.6. The van der Waals surface area contributed by atoms with Crippen molar-refractivity contribution in [3.63, 3.8) is 0 Å². The van der Waals surface area contributed by atoms with Gasteiger partial charge in [-0.3, -0.25) is 0 Å². The number of nitrogens with one attached hydrogen (secondary N) is 3. The van der Waals surface area contributed by atoms with Gasteiger partial charge in [-0.25, -0.2) is 4.39 Å².